The van der Waals surface area contributed by atoms with Gasteiger partial charge in [-0.3, -0.25) is 0 Å². The van der Waals surface area contributed by atoms with Crippen LogP contribution in [0.2, 0.25) is 0 Å². The molecule has 0 atom stereocenters. The lowest BCUT2D eigenvalue weighted by molar-refractivity contribution is -0.274. The lowest BCUT2D eigenvalue weighted by atomic mass is 10.2. The molecule has 0 bridgehead atoms. The highest BCUT2D eigenvalue weighted by Gasteiger charge is 2.34. The van der Waals surface area contributed by atoms with Crippen LogP contribution < -0.4 is 9.47 Å². The molecular weight excluding hydrogens is 291 g/mol. The van der Waals surface area contributed by atoms with E-state index in [1.165, 1.54) is 7.11 Å². The predicted molar refractivity (Wildman–Crippen MR) is 58.4 cm³/mol. The molecule has 1 rings (SSSR count). The van der Waals surface area contributed by atoms with Gasteiger partial charge in [0.25, 0.3) is 0 Å². The Hall–Kier alpha value is -1.70. The van der Waals surface area contributed by atoms with E-state index in [1.807, 2.05) is 0 Å². The first-order chi connectivity index (χ1) is 8.82. The topological polar surface area (TPSA) is 57.7 Å². The average Bonchev–Trinajstić information content (AvgIpc) is 2.34. The molecule has 0 aliphatic rings. The number of methoxy groups -OCH3 is 2. The molecule has 0 aliphatic heterocycles. The highest BCUT2D eigenvalue weighted by Crippen LogP contribution is 2.32. The van der Waals surface area contributed by atoms with Gasteiger partial charge in [-0.25, -0.2) is 9.78 Å². The van der Waals surface area contributed by atoms with Gasteiger partial charge in [0.05, 0.1) is 25.8 Å². The van der Waals surface area contributed by atoms with Gasteiger partial charge in [0.1, 0.15) is 5.56 Å². The Morgan fingerprint density at radius 1 is 1.42 bits per heavy atom. The largest absolute Gasteiger partial charge is 0.573 e. The van der Waals surface area contributed by atoms with Crippen molar-refractivity contribution in [3.05, 3.63) is 17.3 Å². The van der Waals surface area contributed by atoms with E-state index in [9.17, 15) is 18.0 Å². The van der Waals surface area contributed by atoms with Crippen LogP contribution in [0.1, 0.15) is 16.1 Å². The molecule has 0 saturated carbocycles. The molecule has 9 heteroatoms. The van der Waals surface area contributed by atoms with Gasteiger partial charge < -0.3 is 14.2 Å². The van der Waals surface area contributed by atoms with Crippen LogP contribution in [0.5, 0.6) is 11.6 Å². The number of hydrogen-bond donors (Lipinski definition) is 0. The third kappa shape index (κ3) is 3.88. The van der Waals surface area contributed by atoms with Gasteiger partial charge in [-0.2, -0.15) is 0 Å². The maximum absolute atomic E-state index is 12.3. The van der Waals surface area contributed by atoms with Gasteiger partial charge in [0, 0.05) is 6.07 Å². The molecule has 0 amide bonds. The normalized spacial score (nSPS) is 11.1. The summed E-state index contributed by atoms with van der Waals surface area (Å²) < 4.78 is 49.7. The van der Waals surface area contributed by atoms with Crippen molar-refractivity contribution in [3.8, 4) is 11.6 Å². The smallest absolute Gasteiger partial charge is 0.481 e. The summed E-state index contributed by atoms with van der Waals surface area (Å²) in [5, 5.41) is 0. The maximum Gasteiger partial charge on any atom is 0.573 e. The first-order valence-electron chi connectivity index (χ1n) is 4.80. The minimum atomic E-state index is -4.97. The summed E-state index contributed by atoms with van der Waals surface area (Å²) in [7, 11) is 2.22. The molecule has 1 heterocycles. The monoisotopic (exact) mass is 299 g/mol. The van der Waals surface area contributed by atoms with Crippen molar-refractivity contribution < 1.29 is 32.2 Å². The van der Waals surface area contributed by atoms with E-state index in [4.69, 9.17) is 16.3 Å². The van der Waals surface area contributed by atoms with Crippen LogP contribution in [-0.4, -0.2) is 31.5 Å². The molecule has 1 aromatic heterocycles. The second-order valence-electron chi connectivity index (χ2n) is 3.16. The van der Waals surface area contributed by atoms with E-state index in [0.717, 1.165) is 13.2 Å². The third-order valence-electron chi connectivity index (χ3n) is 1.99. The van der Waals surface area contributed by atoms with Crippen LogP contribution >= 0.6 is 11.6 Å². The third-order valence-corrected chi connectivity index (χ3v) is 2.24. The van der Waals surface area contributed by atoms with Crippen molar-refractivity contribution in [2.24, 2.45) is 0 Å². The Kier molecular flexibility index (Phi) is 4.82. The van der Waals surface area contributed by atoms with Crippen molar-refractivity contribution in [3.63, 3.8) is 0 Å². The fourth-order valence-corrected chi connectivity index (χ4v) is 1.47. The van der Waals surface area contributed by atoms with Crippen LogP contribution in [0.15, 0.2) is 6.07 Å². The molecule has 5 nitrogen and oxygen atoms in total. The van der Waals surface area contributed by atoms with Crippen molar-refractivity contribution in [1.29, 1.82) is 0 Å². The van der Waals surface area contributed by atoms with Crippen molar-refractivity contribution in [2.75, 3.05) is 14.2 Å². The highest BCUT2D eigenvalue weighted by atomic mass is 35.5. The van der Waals surface area contributed by atoms with E-state index in [-0.39, 0.29) is 17.5 Å². The molecular formula is C10H9ClF3NO4. The van der Waals surface area contributed by atoms with Crippen LogP contribution in [0.25, 0.3) is 0 Å². The van der Waals surface area contributed by atoms with E-state index in [2.05, 4.69) is 14.5 Å². The van der Waals surface area contributed by atoms with Gasteiger partial charge in [0.2, 0.25) is 5.88 Å². The van der Waals surface area contributed by atoms with Gasteiger partial charge >= 0.3 is 12.3 Å². The SMILES string of the molecule is COC(=O)c1c(OC(F)(F)F)cc(OC)nc1CCl. The Bertz CT molecular complexity index is 479. The molecule has 0 fully saturated rings. The zero-order valence-electron chi connectivity index (χ0n) is 9.88. The number of aromatic nitrogens is 1. The number of rotatable bonds is 4. The summed E-state index contributed by atoms with van der Waals surface area (Å²) in [5.41, 5.74) is -0.622. The number of alkyl halides is 4. The molecule has 0 aliphatic carbocycles. The molecule has 19 heavy (non-hydrogen) atoms. The second-order valence-corrected chi connectivity index (χ2v) is 3.42. The van der Waals surface area contributed by atoms with Gasteiger partial charge in [-0.05, 0) is 0 Å². The van der Waals surface area contributed by atoms with E-state index >= 15 is 0 Å². The van der Waals surface area contributed by atoms with Crippen LogP contribution in [0, 0.1) is 0 Å². The van der Waals surface area contributed by atoms with E-state index < -0.39 is 23.6 Å². The van der Waals surface area contributed by atoms with Crippen molar-refractivity contribution >= 4 is 17.6 Å². The predicted octanol–water partition coefficient (Wildman–Crippen LogP) is 2.51. The summed E-state index contributed by atoms with van der Waals surface area (Å²) >= 11 is 5.54. The number of carbonyl (C=O) groups excluding carboxylic acids is 1. The molecule has 1 aromatic rings. The number of nitrogens with zero attached hydrogens (tertiary/aromatic N) is 1. The Labute approximate surface area is 111 Å². The summed E-state index contributed by atoms with van der Waals surface area (Å²) in [6.07, 6.45) is -4.97. The molecule has 0 unspecified atom stereocenters. The van der Waals surface area contributed by atoms with Crippen LogP contribution in [0.4, 0.5) is 13.2 Å². The highest BCUT2D eigenvalue weighted by molar-refractivity contribution is 6.17. The van der Waals surface area contributed by atoms with E-state index in [0.29, 0.717) is 0 Å². The molecule has 0 spiro atoms. The fraction of sp³-hybridized carbons (Fsp3) is 0.400. The molecule has 106 valence electrons. The number of pyridine rings is 1. The first kappa shape index (κ1) is 15.4. The number of esters is 1. The summed E-state index contributed by atoms with van der Waals surface area (Å²) in [5.74, 6) is -2.29. The van der Waals surface area contributed by atoms with Gasteiger partial charge in [0.15, 0.2) is 5.75 Å². The van der Waals surface area contributed by atoms with Gasteiger partial charge in [-0.15, -0.1) is 24.8 Å². The quantitative estimate of drug-likeness (QED) is 0.631. The Balaban J connectivity index is 3.41. The number of halogens is 4. The van der Waals surface area contributed by atoms with Crippen LogP contribution in [0.3, 0.4) is 0 Å². The second kappa shape index (κ2) is 5.96. The minimum Gasteiger partial charge on any atom is -0.481 e. The standard InChI is InChI=1S/C10H9ClF3NO4/c1-17-7-3-6(19-10(12,13)14)8(9(16)18-2)5(4-11)15-7/h3H,4H2,1-2H3. The van der Waals surface area contributed by atoms with Gasteiger partial charge in [-0.1, -0.05) is 0 Å². The fourth-order valence-electron chi connectivity index (χ4n) is 1.27. The number of ether oxygens (including phenoxy) is 3. The molecule has 0 saturated heterocycles. The van der Waals surface area contributed by atoms with Crippen molar-refractivity contribution in [2.45, 2.75) is 12.2 Å². The lowest BCUT2D eigenvalue weighted by Gasteiger charge is -2.15. The average molecular weight is 300 g/mol. The van der Waals surface area contributed by atoms with Crippen LogP contribution in [-0.2, 0) is 10.6 Å². The summed E-state index contributed by atoms with van der Waals surface area (Å²) in [4.78, 5) is 15.3. The first-order valence-corrected chi connectivity index (χ1v) is 5.33. The molecule has 0 aromatic carbocycles. The maximum atomic E-state index is 12.3. The Morgan fingerprint density at radius 2 is 2.05 bits per heavy atom. The van der Waals surface area contributed by atoms with E-state index in [1.54, 1.807) is 0 Å². The lowest BCUT2D eigenvalue weighted by Crippen LogP contribution is -2.20. The Morgan fingerprint density at radius 3 is 2.47 bits per heavy atom. The number of hydrogen-bond acceptors (Lipinski definition) is 5. The summed E-state index contributed by atoms with van der Waals surface area (Å²) in [6.45, 7) is 0. The summed E-state index contributed by atoms with van der Waals surface area (Å²) in [6, 6.07) is 0.829. The number of carbonyl (C=O) groups is 1. The minimum absolute atomic E-state index is 0.132. The zero-order chi connectivity index (χ0) is 14.6. The molecule has 0 radical (unpaired) electrons. The molecule has 0 N–H and O–H groups in total. The van der Waals surface area contributed by atoms with Crippen molar-refractivity contribution in [1.82, 2.24) is 4.98 Å². The zero-order valence-corrected chi connectivity index (χ0v) is 10.6.